The Morgan fingerprint density at radius 3 is 2.04 bits per heavy atom. The van der Waals surface area contributed by atoms with Crippen molar-refractivity contribution in [3.05, 3.63) is 29.8 Å². The normalized spacial score (nSPS) is 31.9. The first-order chi connectivity index (χ1) is 12.4. The van der Waals surface area contributed by atoms with Crippen molar-refractivity contribution >= 4 is 11.8 Å². The van der Waals surface area contributed by atoms with Crippen molar-refractivity contribution in [2.75, 3.05) is 6.61 Å². The Morgan fingerprint density at radius 1 is 1.00 bits per heavy atom. The third-order valence-electron chi connectivity index (χ3n) is 6.35. The number of benzene rings is 1. The van der Waals surface area contributed by atoms with Crippen LogP contribution < -0.4 is 4.74 Å². The molecule has 4 fully saturated rings. The van der Waals surface area contributed by atoms with E-state index in [1.54, 1.807) is 24.3 Å². The largest absolute Gasteiger partial charge is 0.491 e. The molecule has 0 spiro atoms. The Kier molecular flexibility index (Phi) is 4.54. The van der Waals surface area contributed by atoms with Crippen LogP contribution in [0.3, 0.4) is 0 Å². The van der Waals surface area contributed by atoms with Gasteiger partial charge in [0.25, 0.3) is 0 Å². The predicted molar refractivity (Wildman–Crippen MR) is 98.1 cm³/mol. The summed E-state index contributed by atoms with van der Waals surface area (Å²) in [4.78, 5) is 25.2. The molecule has 1 aromatic carbocycles. The van der Waals surface area contributed by atoms with Gasteiger partial charge in [0, 0.05) is 5.56 Å². The third kappa shape index (κ3) is 3.38. The van der Waals surface area contributed by atoms with Gasteiger partial charge in [-0.15, -0.1) is 0 Å². The summed E-state index contributed by atoms with van der Waals surface area (Å²) >= 11 is 0. The molecule has 4 aliphatic rings. The second-order valence-electron chi connectivity index (χ2n) is 8.89. The van der Waals surface area contributed by atoms with E-state index in [0.29, 0.717) is 23.3 Å². The number of hydrogen-bond acceptors (Lipinski definition) is 4. The zero-order valence-electron chi connectivity index (χ0n) is 15.7. The van der Waals surface area contributed by atoms with Gasteiger partial charge in [-0.1, -0.05) is 0 Å². The quantitative estimate of drug-likeness (QED) is 0.559. The summed E-state index contributed by atoms with van der Waals surface area (Å²) in [5, 5.41) is 0. The van der Waals surface area contributed by atoms with Gasteiger partial charge < -0.3 is 9.47 Å². The molecule has 26 heavy (non-hydrogen) atoms. The minimum absolute atomic E-state index is 0.0952. The molecule has 0 saturated heterocycles. The van der Waals surface area contributed by atoms with E-state index < -0.39 is 0 Å². The fourth-order valence-corrected chi connectivity index (χ4v) is 5.72. The smallest absolute Gasteiger partial charge is 0.312 e. The van der Waals surface area contributed by atoms with Gasteiger partial charge >= 0.3 is 5.97 Å². The van der Waals surface area contributed by atoms with Crippen LogP contribution >= 0.6 is 0 Å². The van der Waals surface area contributed by atoms with Crippen LogP contribution in [-0.2, 0) is 9.53 Å². The second-order valence-corrected chi connectivity index (χ2v) is 8.89. The summed E-state index contributed by atoms with van der Waals surface area (Å²) in [6.45, 7) is 3.76. The highest BCUT2D eigenvalue weighted by Crippen LogP contribution is 2.60. The number of ketones is 1. The van der Waals surface area contributed by atoms with Gasteiger partial charge in [0.15, 0.2) is 12.4 Å². The molecule has 140 valence electrons. The van der Waals surface area contributed by atoms with Crippen molar-refractivity contribution in [1.29, 1.82) is 0 Å². The number of ether oxygens (including phenoxy) is 2. The molecule has 0 unspecified atom stereocenters. The maximum absolute atomic E-state index is 12.8. The molecule has 0 radical (unpaired) electrons. The lowest BCUT2D eigenvalue weighted by atomic mass is 9.49. The van der Waals surface area contributed by atoms with Gasteiger partial charge in [-0.2, -0.15) is 0 Å². The van der Waals surface area contributed by atoms with Crippen LogP contribution in [0.5, 0.6) is 5.75 Å². The second kappa shape index (κ2) is 6.71. The monoisotopic (exact) mass is 356 g/mol. The first-order valence-corrected chi connectivity index (χ1v) is 9.91. The zero-order valence-corrected chi connectivity index (χ0v) is 15.7. The highest BCUT2D eigenvalue weighted by atomic mass is 16.5. The first-order valence-electron chi connectivity index (χ1n) is 9.91. The number of hydrogen-bond donors (Lipinski definition) is 0. The van der Waals surface area contributed by atoms with E-state index in [2.05, 4.69) is 0 Å². The standard InChI is InChI=1S/C22H28O4/c1-14(2)26-19-5-3-18(4-6-19)20(23)13-25-21(24)22-10-15-7-16(11-22)9-17(8-15)12-22/h3-6,14-17H,7-13H2,1-2H3. The van der Waals surface area contributed by atoms with E-state index in [1.165, 1.54) is 19.3 Å². The Hall–Kier alpha value is -1.84. The van der Waals surface area contributed by atoms with Crippen LogP contribution in [0.15, 0.2) is 24.3 Å². The molecule has 4 heteroatoms. The summed E-state index contributed by atoms with van der Waals surface area (Å²) in [6, 6.07) is 7.04. The Balaban J connectivity index is 1.35. The van der Waals surface area contributed by atoms with Gasteiger partial charge in [-0.3, -0.25) is 9.59 Å². The van der Waals surface area contributed by atoms with Crippen molar-refractivity contribution in [2.45, 2.75) is 58.5 Å². The summed E-state index contributed by atoms with van der Waals surface area (Å²) in [6.07, 6.45) is 6.86. The molecule has 0 amide bonds. The Labute approximate surface area is 155 Å². The van der Waals surface area contributed by atoms with Gasteiger partial charge in [0.2, 0.25) is 0 Å². The number of carbonyl (C=O) groups is 2. The molecule has 0 N–H and O–H groups in total. The van der Waals surface area contributed by atoms with Crippen molar-refractivity contribution in [3.8, 4) is 5.75 Å². The summed E-state index contributed by atoms with van der Waals surface area (Å²) in [7, 11) is 0. The van der Waals surface area contributed by atoms with Crippen LogP contribution in [0.4, 0.5) is 0 Å². The van der Waals surface area contributed by atoms with Crippen molar-refractivity contribution < 1.29 is 19.1 Å². The fourth-order valence-electron chi connectivity index (χ4n) is 5.72. The van der Waals surface area contributed by atoms with Crippen LogP contribution in [0.2, 0.25) is 0 Å². The Morgan fingerprint density at radius 2 is 1.54 bits per heavy atom. The fraction of sp³-hybridized carbons (Fsp3) is 0.636. The number of esters is 1. The van der Waals surface area contributed by atoms with Gasteiger partial charge in [-0.05, 0) is 94.4 Å². The molecule has 5 rings (SSSR count). The zero-order chi connectivity index (χ0) is 18.3. The predicted octanol–water partition coefficient (Wildman–Crippen LogP) is 4.42. The number of rotatable bonds is 6. The minimum atomic E-state index is -0.302. The minimum Gasteiger partial charge on any atom is -0.491 e. The van der Waals surface area contributed by atoms with E-state index in [0.717, 1.165) is 25.0 Å². The molecule has 1 aromatic rings. The Bertz CT molecular complexity index is 653. The van der Waals surface area contributed by atoms with Crippen LogP contribution in [-0.4, -0.2) is 24.5 Å². The first kappa shape index (κ1) is 17.6. The summed E-state index contributed by atoms with van der Waals surface area (Å²) < 4.78 is 11.1. The molecule has 0 atom stereocenters. The van der Waals surface area contributed by atoms with Crippen molar-refractivity contribution in [2.24, 2.45) is 23.2 Å². The number of Topliss-reactive ketones (excluding diaryl/α,β-unsaturated/α-hetero) is 1. The number of carbonyl (C=O) groups excluding carboxylic acids is 2. The highest BCUT2D eigenvalue weighted by Gasteiger charge is 2.55. The maximum Gasteiger partial charge on any atom is 0.312 e. The average Bonchev–Trinajstić information content (AvgIpc) is 2.58. The van der Waals surface area contributed by atoms with E-state index in [9.17, 15) is 9.59 Å². The van der Waals surface area contributed by atoms with Crippen molar-refractivity contribution in [3.63, 3.8) is 0 Å². The molecule has 0 aromatic heterocycles. The lowest BCUT2D eigenvalue weighted by Gasteiger charge is -2.55. The maximum atomic E-state index is 12.8. The van der Waals surface area contributed by atoms with E-state index in [4.69, 9.17) is 9.47 Å². The molecule has 4 aliphatic carbocycles. The lowest BCUT2D eigenvalue weighted by molar-refractivity contribution is -0.170. The molecule has 4 nitrogen and oxygen atoms in total. The van der Waals surface area contributed by atoms with Crippen LogP contribution in [0, 0.1) is 23.2 Å². The van der Waals surface area contributed by atoms with Crippen LogP contribution in [0.1, 0.15) is 62.7 Å². The summed E-state index contributed by atoms with van der Waals surface area (Å²) in [5.41, 5.74) is 0.253. The van der Waals surface area contributed by atoms with Gasteiger partial charge in [0.1, 0.15) is 5.75 Å². The average molecular weight is 356 g/mol. The summed E-state index contributed by atoms with van der Waals surface area (Å²) in [5.74, 6) is 2.53. The molecule has 4 saturated carbocycles. The SMILES string of the molecule is CC(C)Oc1ccc(C(=O)COC(=O)C23CC4CC(CC(C4)C2)C3)cc1. The van der Waals surface area contributed by atoms with Gasteiger partial charge in [0.05, 0.1) is 11.5 Å². The molecule has 0 heterocycles. The van der Waals surface area contributed by atoms with Gasteiger partial charge in [-0.25, -0.2) is 0 Å². The van der Waals surface area contributed by atoms with E-state index in [-0.39, 0.29) is 29.9 Å². The van der Waals surface area contributed by atoms with E-state index >= 15 is 0 Å². The molecule has 0 aliphatic heterocycles. The van der Waals surface area contributed by atoms with E-state index in [1.807, 2.05) is 13.8 Å². The highest BCUT2D eigenvalue weighted by molar-refractivity contribution is 5.98. The molecule has 4 bridgehead atoms. The van der Waals surface area contributed by atoms with Crippen molar-refractivity contribution in [1.82, 2.24) is 0 Å². The molecular formula is C22H28O4. The lowest BCUT2D eigenvalue weighted by Crippen LogP contribution is -2.50. The molecular weight excluding hydrogens is 328 g/mol. The van der Waals surface area contributed by atoms with Crippen LogP contribution in [0.25, 0.3) is 0 Å². The third-order valence-corrected chi connectivity index (χ3v) is 6.35. The topological polar surface area (TPSA) is 52.6 Å².